The van der Waals surface area contributed by atoms with Crippen LogP contribution in [0.25, 0.3) is 11.5 Å². The molecule has 0 aliphatic carbocycles. The highest BCUT2D eigenvalue weighted by atomic mass is 32.1. The molecule has 1 aliphatic rings. The van der Waals surface area contributed by atoms with Crippen LogP contribution in [-0.4, -0.2) is 34.8 Å². The minimum atomic E-state index is -0.100. The lowest BCUT2D eigenvalue weighted by Gasteiger charge is -2.27. The molecule has 2 aromatic heterocycles. The molecule has 1 saturated heterocycles. The average molecular weight is 467 g/mol. The van der Waals surface area contributed by atoms with Crippen molar-refractivity contribution in [3.8, 4) is 11.5 Å². The molecule has 9 heteroatoms. The van der Waals surface area contributed by atoms with Gasteiger partial charge in [0.2, 0.25) is 5.91 Å². The Balaban J connectivity index is 1.35. The van der Waals surface area contributed by atoms with Crippen LogP contribution >= 0.6 is 11.3 Å². The number of guanidine groups is 1. The van der Waals surface area contributed by atoms with E-state index in [-0.39, 0.29) is 5.91 Å². The van der Waals surface area contributed by atoms with E-state index < -0.39 is 0 Å². The smallest absolute Gasteiger partial charge is 0.217 e. The third kappa shape index (κ3) is 6.66. The first-order valence-electron chi connectivity index (χ1n) is 11.2. The zero-order valence-electron chi connectivity index (χ0n) is 18.8. The second-order valence-electron chi connectivity index (χ2n) is 8.15. The highest BCUT2D eigenvalue weighted by Crippen LogP contribution is 2.26. The van der Waals surface area contributed by atoms with Crippen LogP contribution in [0.15, 0.2) is 51.2 Å². The van der Waals surface area contributed by atoms with Crippen molar-refractivity contribution in [3.05, 3.63) is 58.7 Å². The number of nitrogens with two attached hydrogens (primary N) is 1. The van der Waals surface area contributed by atoms with Gasteiger partial charge in [0.1, 0.15) is 11.5 Å². The molecule has 3 aromatic rings. The Morgan fingerprint density at radius 3 is 2.76 bits per heavy atom. The second kappa shape index (κ2) is 11.1. The number of aromatic nitrogens is 1. The summed E-state index contributed by atoms with van der Waals surface area (Å²) in [6.45, 7) is 5.63. The molecule has 1 amide bonds. The average Bonchev–Trinajstić information content (AvgIpc) is 3.47. The Bertz CT molecular complexity index is 1100. The van der Waals surface area contributed by atoms with Crippen molar-refractivity contribution >= 4 is 28.3 Å². The third-order valence-corrected chi connectivity index (χ3v) is 6.30. The zero-order valence-corrected chi connectivity index (χ0v) is 19.7. The molecule has 8 nitrogen and oxygen atoms in total. The maximum Gasteiger partial charge on any atom is 0.217 e. The largest absolute Gasteiger partial charge is 0.458 e. The molecular weight excluding hydrogens is 436 g/mol. The minimum Gasteiger partial charge on any atom is -0.458 e. The number of carbonyl (C=O) groups is 1. The van der Waals surface area contributed by atoms with E-state index in [2.05, 4.69) is 43.7 Å². The predicted molar refractivity (Wildman–Crippen MR) is 132 cm³/mol. The van der Waals surface area contributed by atoms with Gasteiger partial charge in [-0.05, 0) is 49.2 Å². The molecule has 0 spiro atoms. The van der Waals surface area contributed by atoms with Crippen LogP contribution in [0, 0.1) is 0 Å². The van der Waals surface area contributed by atoms with Crippen molar-refractivity contribution in [2.45, 2.75) is 45.8 Å². The Labute approximate surface area is 197 Å². The summed E-state index contributed by atoms with van der Waals surface area (Å²) in [7, 11) is 0. The van der Waals surface area contributed by atoms with Crippen LogP contribution < -0.4 is 16.4 Å². The number of benzene rings is 1. The SMILES string of the molecule is CC(=O)NCc1ccc(-c2csc(NC(N)=NCc3ccccc3CN3CCCCC3)n2)o1. The van der Waals surface area contributed by atoms with Crippen molar-refractivity contribution in [3.63, 3.8) is 0 Å². The lowest BCUT2D eigenvalue weighted by molar-refractivity contribution is -0.119. The molecule has 0 atom stereocenters. The molecule has 0 saturated carbocycles. The van der Waals surface area contributed by atoms with E-state index in [9.17, 15) is 4.79 Å². The summed E-state index contributed by atoms with van der Waals surface area (Å²) in [6.07, 6.45) is 3.89. The van der Waals surface area contributed by atoms with E-state index in [1.165, 1.54) is 48.6 Å². The van der Waals surface area contributed by atoms with E-state index >= 15 is 0 Å². The maximum absolute atomic E-state index is 11.1. The monoisotopic (exact) mass is 466 g/mol. The van der Waals surface area contributed by atoms with Gasteiger partial charge in [0, 0.05) is 18.8 Å². The van der Waals surface area contributed by atoms with Crippen molar-refractivity contribution in [1.29, 1.82) is 0 Å². The Hall–Kier alpha value is -3.17. The molecular formula is C24H30N6O2S. The summed E-state index contributed by atoms with van der Waals surface area (Å²) in [6, 6.07) is 12.1. The highest BCUT2D eigenvalue weighted by molar-refractivity contribution is 7.14. The van der Waals surface area contributed by atoms with E-state index in [0.717, 1.165) is 19.6 Å². The highest BCUT2D eigenvalue weighted by Gasteiger charge is 2.13. The topological polar surface area (TPSA) is 109 Å². The number of nitrogens with zero attached hydrogens (tertiary/aromatic N) is 3. The molecule has 1 aromatic carbocycles. The van der Waals surface area contributed by atoms with E-state index in [1.807, 2.05) is 23.6 Å². The minimum absolute atomic E-state index is 0.100. The normalized spacial score (nSPS) is 14.9. The number of likely N-dealkylation sites (tertiary alicyclic amines) is 1. The zero-order chi connectivity index (χ0) is 23.0. The van der Waals surface area contributed by atoms with Crippen LogP contribution in [0.2, 0.25) is 0 Å². The van der Waals surface area contributed by atoms with Gasteiger partial charge in [0.25, 0.3) is 0 Å². The van der Waals surface area contributed by atoms with Crippen molar-refractivity contribution in [2.24, 2.45) is 10.7 Å². The fourth-order valence-corrected chi connectivity index (χ4v) is 4.52. The number of nitrogens with one attached hydrogen (secondary N) is 2. The fraction of sp³-hybridized carbons (Fsp3) is 0.375. The van der Waals surface area contributed by atoms with Gasteiger partial charge in [-0.1, -0.05) is 30.7 Å². The summed E-state index contributed by atoms with van der Waals surface area (Å²) >= 11 is 1.43. The number of piperidine rings is 1. The summed E-state index contributed by atoms with van der Waals surface area (Å²) < 4.78 is 5.76. The standard InChI is InChI=1S/C24H30N6O2S/c1-17(31)26-14-20-9-10-22(32-20)21-16-33-24(28-21)29-23(25)27-13-18-7-3-4-8-19(18)15-30-11-5-2-6-12-30/h3-4,7-10,16H,2,5-6,11-15H2,1H3,(H,26,31)(H3,25,27,28,29). The number of anilines is 1. The van der Waals surface area contributed by atoms with Crippen LogP contribution in [0.4, 0.5) is 5.13 Å². The summed E-state index contributed by atoms with van der Waals surface area (Å²) in [5, 5.41) is 8.33. The van der Waals surface area contributed by atoms with Gasteiger partial charge >= 0.3 is 0 Å². The van der Waals surface area contributed by atoms with E-state index in [0.29, 0.717) is 41.4 Å². The van der Waals surface area contributed by atoms with Crippen LogP contribution in [0.1, 0.15) is 43.1 Å². The van der Waals surface area contributed by atoms with Crippen molar-refractivity contribution < 1.29 is 9.21 Å². The maximum atomic E-state index is 11.1. The molecule has 4 rings (SSSR count). The van der Waals surface area contributed by atoms with Gasteiger partial charge < -0.3 is 20.8 Å². The summed E-state index contributed by atoms with van der Waals surface area (Å²) in [5.41, 5.74) is 9.34. The first kappa shape index (κ1) is 23.0. The first-order valence-corrected chi connectivity index (χ1v) is 12.1. The first-order chi connectivity index (χ1) is 16.1. The lowest BCUT2D eigenvalue weighted by Crippen LogP contribution is -2.29. The molecule has 33 heavy (non-hydrogen) atoms. The molecule has 0 radical (unpaired) electrons. The fourth-order valence-electron chi connectivity index (χ4n) is 3.81. The number of rotatable bonds is 8. The molecule has 3 heterocycles. The van der Waals surface area contributed by atoms with Crippen molar-refractivity contribution in [1.82, 2.24) is 15.2 Å². The van der Waals surface area contributed by atoms with Gasteiger partial charge in [-0.3, -0.25) is 9.69 Å². The molecule has 0 bridgehead atoms. The second-order valence-corrected chi connectivity index (χ2v) is 9.00. The number of carbonyl (C=O) groups excluding carboxylic acids is 1. The van der Waals surface area contributed by atoms with Crippen LogP contribution in [-0.2, 0) is 24.4 Å². The van der Waals surface area contributed by atoms with Gasteiger partial charge in [-0.25, -0.2) is 9.98 Å². The van der Waals surface area contributed by atoms with Gasteiger partial charge in [-0.15, -0.1) is 11.3 Å². The number of hydrogen-bond donors (Lipinski definition) is 3. The summed E-state index contributed by atoms with van der Waals surface area (Å²) in [4.78, 5) is 22.6. The van der Waals surface area contributed by atoms with Gasteiger partial charge in [0.15, 0.2) is 16.9 Å². The van der Waals surface area contributed by atoms with Gasteiger partial charge in [-0.2, -0.15) is 0 Å². The van der Waals surface area contributed by atoms with E-state index in [1.54, 1.807) is 0 Å². The predicted octanol–water partition coefficient (Wildman–Crippen LogP) is 3.95. The summed E-state index contributed by atoms with van der Waals surface area (Å²) in [5.74, 6) is 1.54. The Morgan fingerprint density at radius 1 is 1.18 bits per heavy atom. The molecule has 0 unspecified atom stereocenters. The quantitative estimate of drug-likeness (QED) is 0.343. The number of hydrogen-bond acceptors (Lipinski definition) is 6. The molecule has 4 N–H and O–H groups in total. The number of thiazole rings is 1. The third-order valence-electron chi connectivity index (χ3n) is 5.55. The Kier molecular flexibility index (Phi) is 7.74. The van der Waals surface area contributed by atoms with E-state index in [4.69, 9.17) is 10.2 Å². The molecule has 1 aliphatic heterocycles. The number of aliphatic imine (C=N–C) groups is 1. The Morgan fingerprint density at radius 2 is 1.97 bits per heavy atom. The van der Waals surface area contributed by atoms with Gasteiger partial charge in [0.05, 0.1) is 13.1 Å². The molecule has 1 fully saturated rings. The number of furan rings is 1. The van der Waals surface area contributed by atoms with Crippen LogP contribution in [0.3, 0.4) is 0 Å². The van der Waals surface area contributed by atoms with Crippen LogP contribution in [0.5, 0.6) is 0 Å². The van der Waals surface area contributed by atoms with Crippen molar-refractivity contribution in [2.75, 3.05) is 18.4 Å². The number of amides is 1. The molecule has 174 valence electrons. The lowest BCUT2D eigenvalue weighted by atomic mass is 10.1.